The van der Waals surface area contributed by atoms with Crippen molar-refractivity contribution < 1.29 is 27.9 Å². The highest BCUT2D eigenvalue weighted by molar-refractivity contribution is 5.65. The molecule has 3 aromatic heterocycles. The number of aromatic nitrogens is 3. The maximum atomic E-state index is 6.84. The van der Waals surface area contributed by atoms with Crippen molar-refractivity contribution in [1.29, 1.82) is 0 Å². The summed E-state index contributed by atoms with van der Waals surface area (Å²) in [6.45, 7) is 4.62. The van der Waals surface area contributed by atoms with E-state index in [1.54, 1.807) is 6.26 Å². The van der Waals surface area contributed by atoms with Crippen molar-refractivity contribution in [1.82, 2.24) is 0 Å². The molecule has 2 atom stereocenters. The van der Waals surface area contributed by atoms with Crippen molar-refractivity contribution in [3.8, 4) is 34.5 Å². The second-order valence-corrected chi connectivity index (χ2v) is 10.1. The number of allylic oxidation sites excluding steroid dienone is 3. The summed E-state index contributed by atoms with van der Waals surface area (Å²) in [6.07, 6.45) is 11.2. The molecule has 8 rings (SSSR count). The molecule has 6 heteroatoms. The van der Waals surface area contributed by atoms with Crippen LogP contribution in [0.25, 0.3) is 11.3 Å². The fourth-order valence-corrected chi connectivity index (χ4v) is 6.03. The van der Waals surface area contributed by atoms with Gasteiger partial charge < -0.3 is 14.2 Å². The lowest BCUT2D eigenvalue weighted by Crippen LogP contribution is -2.59. The van der Waals surface area contributed by atoms with Crippen LogP contribution in [0.5, 0.6) is 23.3 Å². The molecule has 2 bridgehead atoms. The van der Waals surface area contributed by atoms with Crippen LogP contribution in [0.1, 0.15) is 23.3 Å². The van der Waals surface area contributed by atoms with Crippen molar-refractivity contribution in [3.05, 3.63) is 163 Å². The van der Waals surface area contributed by atoms with Gasteiger partial charge in [-0.15, -0.1) is 4.57 Å². The Hall–Kier alpha value is -5.49. The van der Waals surface area contributed by atoms with Gasteiger partial charge in [0.05, 0.1) is 24.0 Å². The van der Waals surface area contributed by atoms with E-state index in [4.69, 9.17) is 14.2 Å². The molecular weight excluding hydrogens is 510 g/mol. The van der Waals surface area contributed by atoms with Gasteiger partial charge in [-0.2, -0.15) is 4.57 Å². The minimum absolute atomic E-state index is 0.200. The summed E-state index contributed by atoms with van der Waals surface area (Å²) < 4.78 is 25.9. The molecule has 0 spiro atoms. The minimum atomic E-state index is -0.383. The monoisotopic (exact) mass is 536 g/mol. The van der Waals surface area contributed by atoms with Gasteiger partial charge >= 0.3 is 17.9 Å². The number of fused-ring (bicyclic) bond motifs is 11. The van der Waals surface area contributed by atoms with Gasteiger partial charge in [0.15, 0.2) is 18.6 Å². The smallest absolute Gasteiger partial charge is 0.385 e. The molecule has 0 saturated heterocycles. The van der Waals surface area contributed by atoms with Crippen LogP contribution in [-0.4, -0.2) is 0 Å². The van der Waals surface area contributed by atoms with E-state index >= 15 is 0 Å². The molecule has 196 valence electrons. The molecule has 0 aliphatic carbocycles. The van der Waals surface area contributed by atoms with Crippen LogP contribution in [0.4, 0.5) is 0 Å². The molecule has 41 heavy (non-hydrogen) atoms. The van der Waals surface area contributed by atoms with Crippen molar-refractivity contribution in [2.75, 3.05) is 0 Å². The quantitative estimate of drug-likeness (QED) is 0.232. The lowest BCUT2D eigenvalue weighted by atomic mass is 9.90. The standard InChI is InChI=1S/C35H26N3O3/c1-24-28-17-11-23-39-31-18-5-9-22-38(31)35(24)36-20-7-4-14-27(36)25-12-2-3-13-26(25)34-33-29(40-28)15-10-16-30(33)41-32-19-6-8-21-37(32)34/h2-23,34-35H,1H2/q+3. The van der Waals surface area contributed by atoms with Gasteiger partial charge in [0.25, 0.3) is 0 Å². The second kappa shape index (κ2) is 9.31. The van der Waals surface area contributed by atoms with E-state index < -0.39 is 0 Å². The molecular formula is C35H26N3O3+3. The normalized spacial score (nSPS) is 18.0. The number of ether oxygens (including phenoxy) is 3. The van der Waals surface area contributed by atoms with Crippen molar-refractivity contribution in [2.24, 2.45) is 0 Å². The molecule has 5 aromatic rings. The Morgan fingerprint density at radius 1 is 0.634 bits per heavy atom. The van der Waals surface area contributed by atoms with Gasteiger partial charge in [-0.05, 0) is 48.6 Å². The summed E-state index contributed by atoms with van der Waals surface area (Å²) >= 11 is 0. The van der Waals surface area contributed by atoms with Crippen LogP contribution < -0.4 is 27.9 Å². The van der Waals surface area contributed by atoms with Crippen LogP contribution >= 0.6 is 0 Å². The average Bonchev–Trinajstić information content (AvgIpc) is 3.07. The largest absolute Gasteiger partial charge is 0.456 e. The molecule has 6 heterocycles. The van der Waals surface area contributed by atoms with Gasteiger partial charge in [0, 0.05) is 29.8 Å². The third-order valence-corrected chi connectivity index (χ3v) is 7.81. The highest BCUT2D eigenvalue weighted by Crippen LogP contribution is 2.46. The molecule has 0 N–H and O–H groups in total. The minimum Gasteiger partial charge on any atom is -0.456 e. The summed E-state index contributed by atoms with van der Waals surface area (Å²) in [5.41, 5.74) is 4.98. The summed E-state index contributed by atoms with van der Waals surface area (Å²) in [7, 11) is 0. The molecule has 3 aliphatic heterocycles. The number of pyridine rings is 3. The first-order valence-corrected chi connectivity index (χ1v) is 13.6. The van der Waals surface area contributed by atoms with Gasteiger partial charge in [0.2, 0.25) is 11.7 Å². The van der Waals surface area contributed by atoms with Gasteiger partial charge in [-0.1, -0.05) is 35.4 Å². The Bertz CT molecular complexity index is 1930. The summed E-state index contributed by atoms with van der Waals surface area (Å²) in [5, 5.41) is 0. The van der Waals surface area contributed by atoms with E-state index in [9.17, 15) is 0 Å². The number of hydrogen-bond donors (Lipinski definition) is 0. The molecule has 6 nitrogen and oxygen atoms in total. The SMILES string of the molecule is C=C1C2=CC=COc3cccc[n+]3C1[n+]1ccccc1-c1ccccc1C1c3c(cccc3Oc3cccc[n+]31)O2. The lowest BCUT2D eigenvalue weighted by Gasteiger charge is -2.25. The van der Waals surface area contributed by atoms with E-state index in [2.05, 4.69) is 69.1 Å². The molecule has 0 saturated carbocycles. The number of nitrogens with zero attached hydrogens (tertiary/aromatic N) is 3. The summed E-state index contributed by atoms with van der Waals surface area (Å²) in [4.78, 5) is 0. The molecule has 2 unspecified atom stereocenters. The third-order valence-electron chi connectivity index (χ3n) is 7.81. The van der Waals surface area contributed by atoms with Crippen LogP contribution in [0.3, 0.4) is 0 Å². The van der Waals surface area contributed by atoms with Crippen molar-refractivity contribution >= 4 is 0 Å². The van der Waals surface area contributed by atoms with Gasteiger partial charge in [0.1, 0.15) is 28.4 Å². The maximum Gasteiger partial charge on any atom is 0.385 e. The third kappa shape index (κ3) is 3.68. The maximum absolute atomic E-state index is 6.84. The Labute approximate surface area is 237 Å². The zero-order valence-electron chi connectivity index (χ0n) is 22.1. The van der Waals surface area contributed by atoms with Crippen LogP contribution in [-0.2, 0) is 0 Å². The fraction of sp³-hybridized carbons (Fsp3) is 0.0571. The zero-order chi connectivity index (χ0) is 27.3. The molecule has 0 radical (unpaired) electrons. The van der Waals surface area contributed by atoms with E-state index in [0.29, 0.717) is 17.4 Å². The Balaban J connectivity index is 1.51. The number of rotatable bonds is 0. The zero-order valence-corrected chi connectivity index (χ0v) is 22.1. The van der Waals surface area contributed by atoms with Gasteiger partial charge in [-0.3, -0.25) is 0 Å². The summed E-state index contributed by atoms with van der Waals surface area (Å²) in [5.74, 6) is 3.55. The fourth-order valence-electron chi connectivity index (χ4n) is 6.03. The topological polar surface area (TPSA) is 39.3 Å². The molecule has 2 aromatic carbocycles. The van der Waals surface area contributed by atoms with Gasteiger partial charge in [-0.25, -0.2) is 0 Å². The van der Waals surface area contributed by atoms with E-state index in [-0.39, 0.29) is 12.2 Å². The molecule has 0 amide bonds. The predicted molar refractivity (Wildman–Crippen MR) is 151 cm³/mol. The van der Waals surface area contributed by atoms with Crippen LogP contribution in [0.2, 0.25) is 0 Å². The Morgan fingerprint density at radius 3 is 2.22 bits per heavy atom. The van der Waals surface area contributed by atoms with Crippen LogP contribution in [0, 0.1) is 0 Å². The summed E-state index contributed by atoms with van der Waals surface area (Å²) in [6, 6.07) is 32.6. The average molecular weight is 537 g/mol. The second-order valence-electron chi connectivity index (χ2n) is 10.1. The number of hydrogen-bond acceptors (Lipinski definition) is 3. The van der Waals surface area contributed by atoms with E-state index in [1.807, 2.05) is 79.0 Å². The predicted octanol–water partition coefficient (Wildman–Crippen LogP) is 5.75. The van der Waals surface area contributed by atoms with E-state index in [0.717, 1.165) is 39.6 Å². The number of benzene rings is 2. The first-order valence-electron chi connectivity index (χ1n) is 13.6. The van der Waals surface area contributed by atoms with E-state index in [1.165, 1.54) is 0 Å². The van der Waals surface area contributed by atoms with Crippen molar-refractivity contribution in [2.45, 2.75) is 12.2 Å². The first-order chi connectivity index (χ1) is 20.3. The van der Waals surface area contributed by atoms with Crippen LogP contribution in [0.15, 0.2) is 152 Å². The Kier molecular flexibility index (Phi) is 5.32. The first kappa shape index (κ1) is 23.4. The highest BCUT2D eigenvalue weighted by atomic mass is 16.5. The Morgan fingerprint density at radius 2 is 1.34 bits per heavy atom. The molecule has 3 aliphatic rings. The highest BCUT2D eigenvalue weighted by Gasteiger charge is 2.45. The van der Waals surface area contributed by atoms with Crippen molar-refractivity contribution in [3.63, 3.8) is 0 Å². The molecule has 0 fully saturated rings. The lowest BCUT2D eigenvalue weighted by molar-refractivity contribution is -0.930.